The lowest BCUT2D eigenvalue weighted by molar-refractivity contribution is 0.335. The molecule has 0 aliphatic heterocycles. The molecule has 3 rings (SSSR count). The molecule has 0 radical (unpaired) electrons. The van der Waals surface area contributed by atoms with Gasteiger partial charge in [0.2, 0.25) is 5.75 Å². The van der Waals surface area contributed by atoms with Gasteiger partial charge in [0.1, 0.15) is 11.1 Å². The fraction of sp³-hybridized carbons (Fsp3) is 0.118. The summed E-state index contributed by atoms with van der Waals surface area (Å²) < 4.78 is 15.7. The van der Waals surface area contributed by atoms with Crippen LogP contribution in [0.1, 0.15) is 0 Å². The van der Waals surface area contributed by atoms with Crippen LogP contribution in [0.3, 0.4) is 0 Å². The van der Waals surface area contributed by atoms with Crippen LogP contribution in [0.5, 0.6) is 17.2 Å². The van der Waals surface area contributed by atoms with E-state index in [1.807, 2.05) is 30.3 Å². The summed E-state index contributed by atoms with van der Waals surface area (Å²) in [6, 6.07) is 12.4. The normalized spacial score (nSPS) is 10.6. The Kier molecular flexibility index (Phi) is 3.47. The maximum atomic E-state index is 12.3. The molecule has 1 N–H and O–H groups in total. The van der Waals surface area contributed by atoms with Gasteiger partial charge < -0.3 is 19.0 Å². The van der Waals surface area contributed by atoms with Gasteiger partial charge in [-0.15, -0.1) is 0 Å². The summed E-state index contributed by atoms with van der Waals surface area (Å²) in [5, 5.41) is 10.8. The molecule has 3 aromatic rings. The SMILES string of the molecule is COc1c(O)cc2cc(-c3ccccc3)oc(=O)c2c1OC. The average Bonchev–Trinajstić information content (AvgIpc) is 2.54. The number of phenolic OH excluding ortho intramolecular Hbond substituents is 1. The van der Waals surface area contributed by atoms with Crippen LogP contribution in [-0.2, 0) is 0 Å². The summed E-state index contributed by atoms with van der Waals surface area (Å²) in [7, 11) is 2.80. The lowest BCUT2D eigenvalue weighted by Gasteiger charge is -2.12. The van der Waals surface area contributed by atoms with E-state index in [9.17, 15) is 9.90 Å². The van der Waals surface area contributed by atoms with Gasteiger partial charge in [-0.05, 0) is 12.1 Å². The molecule has 1 heterocycles. The zero-order valence-electron chi connectivity index (χ0n) is 12.1. The minimum Gasteiger partial charge on any atom is -0.504 e. The maximum Gasteiger partial charge on any atom is 0.348 e. The molecule has 112 valence electrons. The molecule has 0 spiro atoms. The van der Waals surface area contributed by atoms with E-state index in [4.69, 9.17) is 13.9 Å². The molecule has 5 nitrogen and oxygen atoms in total. The van der Waals surface area contributed by atoms with Crippen molar-refractivity contribution in [2.45, 2.75) is 0 Å². The van der Waals surface area contributed by atoms with E-state index >= 15 is 0 Å². The largest absolute Gasteiger partial charge is 0.504 e. The number of aromatic hydroxyl groups is 1. The Morgan fingerprint density at radius 3 is 2.32 bits per heavy atom. The summed E-state index contributed by atoms with van der Waals surface area (Å²) in [6.07, 6.45) is 0. The Labute approximate surface area is 126 Å². The zero-order valence-corrected chi connectivity index (χ0v) is 12.1. The third-order valence-corrected chi connectivity index (χ3v) is 3.41. The number of methoxy groups -OCH3 is 2. The van der Waals surface area contributed by atoms with E-state index in [1.165, 1.54) is 20.3 Å². The van der Waals surface area contributed by atoms with Crippen LogP contribution in [0.4, 0.5) is 0 Å². The molecule has 5 heteroatoms. The standard InChI is InChI=1S/C17H14O5/c1-20-15-12(18)8-11-9-13(10-6-4-3-5-7-10)22-17(19)14(11)16(15)21-2/h3-9,18H,1-2H3. The highest BCUT2D eigenvalue weighted by Crippen LogP contribution is 2.42. The van der Waals surface area contributed by atoms with Crippen molar-refractivity contribution in [1.29, 1.82) is 0 Å². The van der Waals surface area contributed by atoms with Crippen LogP contribution in [-0.4, -0.2) is 19.3 Å². The van der Waals surface area contributed by atoms with E-state index in [1.54, 1.807) is 6.07 Å². The molecular formula is C17H14O5. The van der Waals surface area contributed by atoms with Crippen molar-refractivity contribution in [2.24, 2.45) is 0 Å². The monoisotopic (exact) mass is 298 g/mol. The first-order valence-electron chi connectivity index (χ1n) is 6.63. The molecule has 0 unspecified atom stereocenters. The van der Waals surface area contributed by atoms with Crippen molar-refractivity contribution in [2.75, 3.05) is 14.2 Å². The minimum atomic E-state index is -0.550. The minimum absolute atomic E-state index is 0.100. The van der Waals surface area contributed by atoms with Gasteiger partial charge in [0.25, 0.3) is 0 Å². The van der Waals surface area contributed by atoms with Crippen LogP contribution in [0.2, 0.25) is 0 Å². The fourth-order valence-electron chi connectivity index (χ4n) is 2.43. The van der Waals surface area contributed by atoms with Crippen LogP contribution in [0.15, 0.2) is 51.7 Å². The first-order chi connectivity index (χ1) is 10.7. The van der Waals surface area contributed by atoms with Gasteiger partial charge in [-0.2, -0.15) is 0 Å². The van der Waals surface area contributed by atoms with E-state index in [0.29, 0.717) is 11.1 Å². The third-order valence-electron chi connectivity index (χ3n) is 3.41. The van der Waals surface area contributed by atoms with E-state index in [2.05, 4.69) is 0 Å². The Morgan fingerprint density at radius 1 is 1.00 bits per heavy atom. The number of hydrogen-bond acceptors (Lipinski definition) is 5. The highest BCUT2D eigenvalue weighted by Gasteiger charge is 2.19. The molecule has 0 saturated heterocycles. The predicted molar refractivity (Wildman–Crippen MR) is 82.7 cm³/mol. The second kappa shape index (κ2) is 5.44. The quantitative estimate of drug-likeness (QED) is 0.804. The van der Waals surface area contributed by atoms with E-state index in [-0.39, 0.29) is 22.6 Å². The summed E-state index contributed by atoms with van der Waals surface area (Å²) in [4.78, 5) is 12.3. The van der Waals surface area contributed by atoms with Gasteiger partial charge in [-0.3, -0.25) is 0 Å². The second-order valence-corrected chi connectivity index (χ2v) is 4.69. The van der Waals surface area contributed by atoms with Crippen molar-refractivity contribution >= 4 is 10.8 Å². The molecule has 0 amide bonds. The number of rotatable bonds is 3. The van der Waals surface area contributed by atoms with Gasteiger partial charge in [0.15, 0.2) is 11.5 Å². The van der Waals surface area contributed by atoms with E-state index in [0.717, 1.165) is 5.56 Å². The summed E-state index contributed by atoms with van der Waals surface area (Å²) in [6.45, 7) is 0. The molecule has 0 atom stereocenters. The zero-order chi connectivity index (χ0) is 15.7. The van der Waals surface area contributed by atoms with Crippen molar-refractivity contribution < 1.29 is 19.0 Å². The molecule has 22 heavy (non-hydrogen) atoms. The Bertz CT molecular complexity index is 881. The van der Waals surface area contributed by atoms with Gasteiger partial charge in [-0.25, -0.2) is 4.79 Å². The van der Waals surface area contributed by atoms with Crippen molar-refractivity contribution in [3.63, 3.8) is 0 Å². The Morgan fingerprint density at radius 2 is 1.68 bits per heavy atom. The Balaban J connectivity index is 2.35. The smallest absolute Gasteiger partial charge is 0.348 e. The van der Waals surface area contributed by atoms with Gasteiger partial charge in [-0.1, -0.05) is 30.3 Å². The average molecular weight is 298 g/mol. The molecule has 1 aromatic heterocycles. The van der Waals surface area contributed by atoms with Crippen molar-refractivity contribution in [3.8, 4) is 28.6 Å². The van der Waals surface area contributed by atoms with E-state index < -0.39 is 5.63 Å². The molecule has 2 aromatic carbocycles. The topological polar surface area (TPSA) is 68.9 Å². The van der Waals surface area contributed by atoms with Crippen molar-refractivity contribution in [3.05, 3.63) is 52.9 Å². The maximum absolute atomic E-state index is 12.3. The van der Waals surface area contributed by atoms with Gasteiger partial charge in [0.05, 0.1) is 14.2 Å². The molecular weight excluding hydrogens is 284 g/mol. The van der Waals surface area contributed by atoms with Crippen LogP contribution in [0, 0.1) is 0 Å². The summed E-state index contributed by atoms with van der Waals surface area (Å²) >= 11 is 0. The lowest BCUT2D eigenvalue weighted by atomic mass is 10.1. The van der Waals surface area contributed by atoms with Crippen LogP contribution < -0.4 is 15.1 Å². The second-order valence-electron chi connectivity index (χ2n) is 4.69. The molecule has 0 fully saturated rings. The van der Waals surface area contributed by atoms with Crippen LogP contribution in [0.25, 0.3) is 22.1 Å². The number of hydrogen-bond donors (Lipinski definition) is 1. The fourth-order valence-corrected chi connectivity index (χ4v) is 2.43. The number of phenols is 1. The molecule has 0 bridgehead atoms. The third kappa shape index (κ3) is 2.16. The summed E-state index contributed by atoms with van der Waals surface area (Å²) in [5.74, 6) is 0.585. The highest BCUT2D eigenvalue weighted by molar-refractivity contribution is 5.93. The molecule has 0 aliphatic rings. The number of benzene rings is 2. The Hall–Kier alpha value is -2.95. The lowest BCUT2D eigenvalue weighted by Crippen LogP contribution is -2.04. The summed E-state index contributed by atoms with van der Waals surface area (Å²) in [5.41, 5.74) is 0.224. The molecule has 0 saturated carbocycles. The number of ether oxygens (including phenoxy) is 2. The van der Waals surface area contributed by atoms with Crippen LogP contribution >= 0.6 is 0 Å². The first kappa shape index (κ1) is 14.0. The number of fused-ring (bicyclic) bond motifs is 1. The van der Waals surface area contributed by atoms with Gasteiger partial charge >= 0.3 is 5.63 Å². The van der Waals surface area contributed by atoms with Crippen molar-refractivity contribution in [1.82, 2.24) is 0 Å². The molecule has 0 aliphatic carbocycles. The highest BCUT2D eigenvalue weighted by atomic mass is 16.5. The predicted octanol–water partition coefficient (Wildman–Crippen LogP) is 3.18. The first-order valence-corrected chi connectivity index (χ1v) is 6.63. The van der Waals surface area contributed by atoms with Gasteiger partial charge in [0, 0.05) is 10.9 Å².